The van der Waals surface area contributed by atoms with Crippen molar-refractivity contribution < 1.29 is 28.6 Å². The van der Waals surface area contributed by atoms with Crippen LogP contribution in [0.1, 0.15) is 111 Å². The highest BCUT2D eigenvalue weighted by molar-refractivity contribution is 5.70. The van der Waals surface area contributed by atoms with Crippen molar-refractivity contribution in [3.63, 3.8) is 0 Å². The van der Waals surface area contributed by atoms with Crippen LogP contribution in [0.3, 0.4) is 0 Å². The molecule has 0 bridgehead atoms. The molecule has 0 amide bonds. The van der Waals surface area contributed by atoms with E-state index in [-0.39, 0.29) is 44.0 Å². The lowest BCUT2D eigenvalue weighted by Crippen LogP contribution is -2.30. The maximum Gasteiger partial charge on any atom is 0.306 e. The first-order chi connectivity index (χ1) is 14.0. The minimum absolute atomic E-state index is 0.0896. The van der Waals surface area contributed by atoms with Gasteiger partial charge in [-0.15, -0.1) is 0 Å². The summed E-state index contributed by atoms with van der Waals surface area (Å²) in [6.07, 6.45) is 13.5. The number of carbonyl (C=O) groups is 3. The zero-order valence-electron chi connectivity index (χ0n) is 18.8. The Kier molecular flexibility index (Phi) is 18.6. The Labute approximate surface area is 177 Å². The summed E-state index contributed by atoms with van der Waals surface area (Å²) in [5, 5.41) is 0. The largest absolute Gasteiger partial charge is 0.462 e. The zero-order valence-corrected chi connectivity index (χ0v) is 18.8. The van der Waals surface area contributed by atoms with Gasteiger partial charge in [-0.05, 0) is 6.42 Å². The van der Waals surface area contributed by atoms with Gasteiger partial charge in [0.25, 0.3) is 0 Å². The SMILES string of the molecule is CCCCCCCCCCCCCC(=O)OC(COC(=O)CC)COC(=O)CC. The third-order valence-corrected chi connectivity index (χ3v) is 4.72. The molecule has 0 N–H and O–H groups in total. The fourth-order valence-electron chi connectivity index (χ4n) is 2.87. The van der Waals surface area contributed by atoms with Gasteiger partial charge in [-0.2, -0.15) is 0 Å². The molecule has 0 aromatic carbocycles. The number of unbranched alkanes of at least 4 members (excludes halogenated alkanes) is 10. The molecule has 29 heavy (non-hydrogen) atoms. The van der Waals surface area contributed by atoms with E-state index in [1.165, 1.54) is 51.4 Å². The van der Waals surface area contributed by atoms with Crippen LogP contribution in [0.25, 0.3) is 0 Å². The summed E-state index contributed by atoms with van der Waals surface area (Å²) < 4.78 is 15.4. The van der Waals surface area contributed by atoms with Gasteiger partial charge in [-0.3, -0.25) is 14.4 Å². The minimum Gasteiger partial charge on any atom is -0.462 e. The van der Waals surface area contributed by atoms with Gasteiger partial charge in [-0.1, -0.05) is 85.0 Å². The second kappa shape index (κ2) is 19.7. The molecule has 0 rings (SSSR count). The predicted molar refractivity (Wildman–Crippen MR) is 113 cm³/mol. The lowest BCUT2D eigenvalue weighted by molar-refractivity contribution is -0.166. The zero-order chi connectivity index (χ0) is 21.7. The highest BCUT2D eigenvalue weighted by atomic mass is 16.6. The van der Waals surface area contributed by atoms with Gasteiger partial charge in [-0.25, -0.2) is 0 Å². The molecule has 6 heteroatoms. The maximum absolute atomic E-state index is 12.0. The number of ether oxygens (including phenoxy) is 3. The smallest absolute Gasteiger partial charge is 0.306 e. The normalized spacial score (nSPS) is 10.8. The van der Waals surface area contributed by atoms with Crippen LogP contribution in [0.4, 0.5) is 0 Å². The molecule has 0 fully saturated rings. The Morgan fingerprint density at radius 1 is 0.586 bits per heavy atom. The van der Waals surface area contributed by atoms with Crippen LogP contribution in [0.15, 0.2) is 0 Å². The Morgan fingerprint density at radius 2 is 1.00 bits per heavy atom. The van der Waals surface area contributed by atoms with Crippen LogP contribution < -0.4 is 0 Å². The van der Waals surface area contributed by atoms with E-state index in [0.717, 1.165) is 19.3 Å². The highest BCUT2D eigenvalue weighted by Crippen LogP contribution is 2.12. The summed E-state index contributed by atoms with van der Waals surface area (Å²) in [7, 11) is 0. The van der Waals surface area contributed by atoms with Crippen molar-refractivity contribution in [3.8, 4) is 0 Å². The van der Waals surface area contributed by atoms with Crippen LogP contribution >= 0.6 is 0 Å². The number of hydrogen-bond acceptors (Lipinski definition) is 6. The average Bonchev–Trinajstić information content (AvgIpc) is 2.73. The van der Waals surface area contributed by atoms with E-state index in [4.69, 9.17) is 14.2 Å². The van der Waals surface area contributed by atoms with Crippen LogP contribution in [0, 0.1) is 0 Å². The Morgan fingerprint density at radius 3 is 1.41 bits per heavy atom. The molecule has 0 aliphatic rings. The predicted octanol–water partition coefficient (Wildman–Crippen LogP) is 5.51. The van der Waals surface area contributed by atoms with Crippen LogP contribution in [-0.4, -0.2) is 37.2 Å². The monoisotopic (exact) mass is 414 g/mol. The number of esters is 3. The first kappa shape index (κ1) is 27.4. The van der Waals surface area contributed by atoms with Gasteiger partial charge in [0.05, 0.1) is 0 Å². The molecule has 0 unspecified atom stereocenters. The summed E-state index contributed by atoms with van der Waals surface area (Å²) in [5.41, 5.74) is 0. The van der Waals surface area contributed by atoms with Crippen molar-refractivity contribution in [1.82, 2.24) is 0 Å². The van der Waals surface area contributed by atoms with E-state index in [0.29, 0.717) is 6.42 Å². The van der Waals surface area contributed by atoms with Gasteiger partial charge >= 0.3 is 17.9 Å². The van der Waals surface area contributed by atoms with Crippen molar-refractivity contribution in [2.24, 2.45) is 0 Å². The summed E-state index contributed by atoms with van der Waals surface area (Å²) in [6.45, 7) is 5.43. The molecule has 0 aliphatic carbocycles. The summed E-state index contributed by atoms with van der Waals surface area (Å²) in [5.74, 6) is -1.09. The number of carbonyl (C=O) groups excluding carboxylic acids is 3. The van der Waals surface area contributed by atoms with Gasteiger partial charge < -0.3 is 14.2 Å². The second-order valence-corrected chi connectivity index (χ2v) is 7.47. The van der Waals surface area contributed by atoms with Crippen molar-refractivity contribution in [2.45, 2.75) is 117 Å². The van der Waals surface area contributed by atoms with E-state index in [1.54, 1.807) is 13.8 Å². The molecule has 0 aromatic heterocycles. The summed E-state index contributed by atoms with van der Waals surface area (Å²) in [6, 6.07) is 0. The molecule has 6 nitrogen and oxygen atoms in total. The third-order valence-electron chi connectivity index (χ3n) is 4.72. The molecular weight excluding hydrogens is 372 g/mol. The fourth-order valence-corrected chi connectivity index (χ4v) is 2.87. The van der Waals surface area contributed by atoms with Gasteiger partial charge in [0.2, 0.25) is 0 Å². The Balaban J connectivity index is 3.87. The highest BCUT2D eigenvalue weighted by Gasteiger charge is 2.18. The van der Waals surface area contributed by atoms with E-state index < -0.39 is 6.10 Å². The van der Waals surface area contributed by atoms with E-state index in [9.17, 15) is 14.4 Å². The quantitative estimate of drug-likeness (QED) is 0.158. The molecule has 170 valence electrons. The van der Waals surface area contributed by atoms with Crippen molar-refractivity contribution in [3.05, 3.63) is 0 Å². The van der Waals surface area contributed by atoms with E-state index >= 15 is 0 Å². The maximum atomic E-state index is 12.0. The topological polar surface area (TPSA) is 78.9 Å². The molecule has 0 saturated carbocycles. The third kappa shape index (κ3) is 18.2. The van der Waals surface area contributed by atoms with Crippen LogP contribution in [0.2, 0.25) is 0 Å². The first-order valence-electron chi connectivity index (χ1n) is 11.5. The van der Waals surface area contributed by atoms with Crippen LogP contribution in [-0.2, 0) is 28.6 Å². The Bertz CT molecular complexity index is 415. The second-order valence-electron chi connectivity index (χ2n) is 7.47. The average molecular weight is 415 g/mol. The molecule has 0 aromatic rings. The molecule has 0 atom stereocenters. The lowest BCUT2D eigenvalue weighted by Gasteiger charge is -2.18. The van der Waals surface area contributed by atoms with Gasteiger partial charge in [0.1, 0.15) is 13.2 Å². The summed E-state index contributed by atoms with van der Waals surface area (Å²) in [4.78, 5) is 34.7. The molecular formula is C23H42O6. The molecule has 0 radical (unpaired) electrons. The summed E-state index contributed by atoms with van der Waals surface area (Å²) >= 11 is 0. The fraction of sp³-hybridized carbons (Fsp3) is 0.870. The molecule has 0 saturated heterocycles. The number of hydrogen-bond donors (Lipinski definition) is 0. The minimum atomic E-state index is -0.749. The van der Waals surface area contributed by atoms with Crippen LogP contribution in [0.5, 0.6) is 0 Å². The van der Waals surface area contributed by atoms with E-state index in [2.05, 4.69) is 6.92 Å². The Hall–Kier alpha value is -1.59. The van der Waals surface area contributed by atoms with Crippen molar-refractivity contribution in [1.29, 1.82) is 0 Å². The molecule has 0 heterocycles. The molecule has 0 aliphatic heterocycles. The lowest BCUT2D eigenvalue weighted by atomic mass is 10.1. The van der Waals surface area contributed by atoms with Crippen molar-refractivity contribution in [2.75, 3.05) is 13.2 Å². The van der Waals surface area contributed by atoms with Gasteiger partial charge in [0.15, 0.2) is 6.10 Å². The van der Waals surface area contributed by atoms with Gasteiger partial charge in [0, 0.05) is 19.3 Å². The standard InChI is InChI=1S/C23H42O6/c1-4-7-8-9-10-11-12-13-14-15-16-17-23(26)29-20(18-27-21(24)5-2)19-28-22(25)6-3/h20H,4-19H2,1-3H3. The first-order valence-corrected chi connectivity index (χ1v) is 11.5. The van der Waals surface area contributed by atoms with E-state index in [1.807, 2.05) is 0 Å². The molecule has 0 spiro atoms. The number of rotatable bonds is 19. The van der Waals surface area contributed by atoms with Crippen molar-refractivity contribution >= 4 is 17.9 Å².